The molecule has 21 heavy (non-hydrogen) atoms. The van der Waals surface area contributed by atoms with Gasteiger partial charge in [-0.1, -0.05) is 25.5 Å². The highest BCUT2D eigenvalue weighted by Gasteiger charge is 2.04. The average Bonchev–Trinajstić information content (AvgIpc) is 2.99. The summed E-state index contributed by atoms with van der Waals surface area (Å²) in [4.78, 5) is 11.7. The number of carbonyl (C=O) groups is 1. The molecule has 0 spiro atoms. The molecule has 1 aromatic heterocycles. The van der Waals surface area contributed by atoms with Gasteiger partial charge in [0.1, 0.15) is 18.6 Å². The van der Waals surface area contributed by atoms with Gasteiger partial charge in [-0.25, -0.2) is 4.68 Å². The first-order valence-corrected chi connectivity index (χ1v) is 6.97. The summed E-state index contributed by atoms with van der Waals surface area (Å²) >= 11 is 0. The number of hydrogen-bond acceptors (Lipinski definition) is 5. The van der Waals surface area contributed by atoms with Gasteiger partial charge in [0.25, 0.3) is 0 Å². The van der Waals surface area contributed by atoms with Crippen molar-refractivity contribution in [3.8, 4) is 5.75 Å². The minimum absolute atomic E-state index is 0.111. The molecule has 0 saturated carbocycles. The minimum Gasteiger partial charge on any atom is -0.494 e. The molecule has 0 unspecified atom stereocenters. The van der Waals surface area contributed by atoms with Gasteiger partial charge in [-0.3, -0.25) is 4.79 Å². The van der Waals surface area contributed by atoms with E-state index in [0.29, 0.717) is 13.2 Å². The predicted molar refractivity (Wildman–Crippen MR) is 76.5 cm³/mol. The normalized spacial score (nSPS) is 10.3. The quantitative estimate of drug-likeness (QED) is 0.738. The van der Waals surface area contributed by atoms with Crippen LogP contribution in [0, 0.1) is 0 Å². The molecule has 0 aliphatic heterocycles. The van der Waals surface area contributed by atoms with Crippen LogP contribution < -0.4 is 10.1 Å². The van der Waals surface area contributed by atoms with E-state index in [2.05, 4.69) is 27.8 Å². The van der Waals surface area contributed by atoms with Crippen LogP contribution >= 0.6 is 0 Å². The second kappa shape index (κ2) is 7.98. The van der Waals surface area contributed by atoms with Crippen molar-refractivity contribution >= 4 is 5.91 Å². The first kappa shape index (κ1) is 15.0. The number of nitrogens with one attached hydrogen (secondary N) is 1. The number of ether oxygens (including phenoxy) is 1. The van der Waals surface area contributed by atoms with E-state index in [1.807, 2.05) is 24.3 Å². The van der Waals surface area contributed by atoms with Gasteiger partial charge in [0.05, 0.1) is 6.61 Å². The molecule has 112 valence electrons. The van der Waals surface area contributed by atoms with Gasteiger partial charge in [0.15, 0.2) is 0 Å². The number of tetrazole rings is 1. The molecule has 2 rings (SSSR count). The fourth-order valence-corrected chi connectivity index (χ4v) is 1.74. The van der Waals surface area contributed by atoms with Crippen LogP contribution in [-0.4, -0.2) is 32.7 Å². The standard InChI is InChI=1S/C14H19N5O2/c1-2-3-7-21-13-6-4-5-12(8-13)9-15-14(20)10-19-11-16-17-18-19/h4-6,8,11H,2-3,7,9-10H2,1H3,(H,15,20). The lowest BCUT2D eigenvalue weighted by Crippen LogP contribution is -2.27. The molecule has 1 aromatic carbocycles. The summed E-state index contributed by atoms with van der Waals surface area (Å²) in [5.74, 6) is 0.690. The van der Waals surface area contributed by atoms with E-state index in [1.54, 1.807) is 0 Å². The second-order valence-electron chi connectivity index (χ2n) is 4.63. The van der Waals surface area contributed by atoms with Crippen LogP contribution in [0.1, 0.15) is 25.3 Å². The Morgan fingerprint density at radius 2 is 2.33 bits per heavy atom. The molecular weight excluding hydrogens is 270 g/mol. The zero-order chi connectivity index (χ0) is 14.9. The molecule has 0 bridgehead atoms. The molecule has 2 aromatic rings. The molecule has 0 atom stereocenters. The fraction of sp³-hybridized carbons (Fsp3) is 0.429. The van der Waals surface area contributed by atoms with E-state index >= 15 is 0 Å². The highest BCUT2D eigenvalue weighted by atomic mass is 16.5. The predicted octanol–water partition coefficient (Wildman–Crippen LogP) is 1.17. The number of unbranched alkanes of at least 4 members (excludes halogenated alkanes) is 1. The number of hydrogen-bond donors (Lipinski definition) is 1. The van der Waals surface area contributed by atoms with Gasteiger partial charge < -0.3 is 10.1 Å². The molecule has 0 aliphatic carbocycles. The number of carbonyl (C=O) groups excluding carboxylic acids is 1. The van der Waals surface area contributed by atoms with E-state index in [0.717, 1.165) is 24.2 Å². The fourth-order valence-electron chi connectivity index (χ4n) is 1.74. The Hall–Kier alpha value is -2.44. The summed E-state index contributed by atoms with van der Waals surface area (Å²) in [6.45, 7) is 3.40. The molecular formula is C14H19N5O2. The highest BCUT2D eigenvalue weighted by Crippen LogP contribution is 2.13. The summed E-state index contributed by atoms with van der Waals surface area (Å²) in [6.07, 6.45) is 3.54. The zero-order valence-corrected chi connectivity index (χ0v) is 12.0. The number of nitrogens with zero attached hydrogens (tertiary/aromatic N) is 4. The molecule has 1 heterocycles. The van der Waals surface area contributed by atoms with Crippen LogP contribution in [0.15, 0.2) is 30.6 Å². The van der Waals surface area contributed by atoms with Crippen LogP contribution in [0.2, 0.25) is 0 Å². The van der Waals surface area contributed by atoms with Crippen molar-refractivity contribution in [2.75, 3.05) is 6.61 Å². The Balaban J connectivity index is 1.79. The lowest BCUT2D eigenvalue weighted by Gasteiger charge is -2.08. The molecule has 7 heteroatoms. The molecule has 1 N–H and O–H groups in total. The van der Waals surface area contributed by atoms with Crippen LogP contribution in [-0.2, 0) is 17.9 Å². The first-order valence-electron chi connectivity index (χ1n) is 6.97. The Bertz CT molecular complexity index is 556. The van der Waals surface area contributed by atoms with Gasteiger partial charge in [0, 0.05) is 6.54 Å². The van der Waals surface area contributed by atoms with E-state index < -0.39 is 0 Å². The average molecular weight is 289 g/mol. The third kappa shape index (κ3) is 5.21. The SMILES string of the molecule is CCCCOc1cccc(CNC(=O)Cn2cnnn2)c1. The number of amides is 1. The second-order valence-corrected chi connectivity index (χ2v) is 4.63. The molecule has 0 aliphatic rings. The number of aromatic nitrogens is 4. The Labute approximate surface area is 123 Å². The largest absolute Gasteiger partial charge is 0.494 e. The topological polar surface area (TPSA) is 81.9 Å². The Morgan fingerprint density at radius 3 is 3.10 bits per heavy atom. The first-order chi connectivity index (χ1) is 10.3. The Morgan fingerprint density at radius 1 is 1.43 bits per heavy atom. The lowest BCUT2D eigenvalue weighted by molar-refractivity contribution is -0.122. The number of benzene rings is 1. The highest BCUT2D eigenvalue weighted by molar-refractivity contribution is 5.75. The lowest BCUT2D eigenvalue weighted by atomic mass is 10.2. The zero-order valence-electron chi connectivity index (χ0n) is 12.0. The van der Waals surface area contributed by atoms with Crippen LogP contribution in [0.25, 0.3) is 0 Å². The van der Waals surface area contributed by atoms with Gasteiger partial charge in [0.2, 0.25) is 5.91 Å². The maximum Gasteiger partial charge on any atom is 0.242 e. The van der Waals surface area contributed by atoms with Crippen LogP contribution in [0.5, 0.6) is 5.75 Å². The Kier molecular flexibility index (Phi) is 5.69. The van der Waals surface area contributed by atoms with Crippen LogP contribution in [0.4, 0.5) is 0 Å². The van der Waals surface area contributed by atoms with Crippen molar-refractivity contribution in [2.24, 2.45) is 0 Å². The third-order valence-electron chi connectivity index (χ3n) is 2.85. The molecule has 0 radical (unpaired) electrons. The summed E-state index contributed by atoms with van der Waals surface area (Å²) in [5.41, 5.74) is 0.995. The van der Waals surface area contributed by atoms with E-state index in [1.165, 1.54) is 11.0 Å². The van der Waals surface area contributed by atoms with Crippen molar-refractivity contribution in [3.63, 3.8) is 0 Å². The van der Waals surface area contributed by atoms with Gasteiger partial charge in [-0.15, -0.1) is 5.10 Å². The summed E-state index contributed by atoms with van der Waals surface area (Å²) in [7, 11) is 0. The van der Waals surface area contributed by atoms with Crippen LogP contribution in [0.3, 0.4) is 0 Å². The maximum atomic E-state index is 11.7. The van der Waals surface area contributed by atoms with E-state index in [9.17, 15) is 4.79 Å². The van der Waals surface area contributed by atoms with E-state index in [-0.39, 0.29) is 12.5 Å². The van der Waals surface area contributed by atoms with Crippen molar-refractivity contribution in [1.82, 2.24) is 25.5 Å². The molecule has 7 nitrogen and oxygen atoms in total. The smallest absolute Gasteiger partial charge is 0.242 e. The van der Waals surface area contributed by atoms with Crippen molar-refractivity contribution in [1.29, 1.82) is 0 Å². The monoisotopic (exact) mass is 289 g/mol. The van der Waals surface area contributed by atoms with Crippen molar-refractivity contribution in [2.45, 2.75) is 32.9 Å². The number of rotatable bonds is 8. The molecule has 1 amide bonds. The summed E-state index contributed by atoms with van der Waals surface area (Å²) < 4.78 is 7.01. The third-order valence-corrected chi connectivity index (χ3v) is 2.85. The molecule has 0 fully saturated rings. The van der Waals surface area contributed by atoms with Crippen molar-refractivity contribution in [3.05, 3.63) is 36.2 Å². The summed E-state index contributed by atoms with van der Waals surface area (Å²) in [5, 5.41) is 13.4. The maximum absolute atomic E-state index is 11.7. The minimum atomic E-state index is -0.139. The summed E-state index contributed by atoms with van der Waals surface area (Å²) in [6, 6.07) is 7.73. The molecule has 0 saturated heterocycles. The van der Waals surface area contributed by atoms with Gasteiger partial charge in [-0.05, 0) is 34.5 Å². The van der Waals surface area contributed by atoms with Crippen molar-refractivity contribution < 1.29 is 9.53 Å². The van der Waals surface area contributed by atoms with Gasteiger partial charge in [-0.2, -0.15) is 0 Å². The van der Waals surface area contributed by atoms with Gasteiger partial charge >= 0.3 is 0 Å². The van der Waals surface area contributed by atoms with E-state index in [4.69, 9.17) is 4.74 Å².